The Kier molecular flexibility index (Phi) is 4.24. The van der Waals surface area contributed by atoms with Crippen LogP contribution in [0.5, 0.6) is 0 Å². The van der Waals surface area contributed by atoms with Gasteiger partial charge in [-0.3, -0.25) is 9.20 Å². The molecule has 6 nitrogen and oxygen atoms in total. The van der Waals surface area contributed by atoms with Gasteiger partial charge in [0.15, 0.2) is 4.96 Å². The Balaban J connectivity index is 1.65. The first-order chi connectivity index (χ1) is 12.5. The molecule has 1 fully saturated rings. The highest BCUT2D eigenvalue weighted by Crippen LogP contribution is 2.49. The number of thiazole rings is 1. The fourth-order valence-corrected chi connectivity index (χ4v) is 4.42. The highest BCUT2D eigenvalue weighted by Gasteiger charge is 2.41. The molecule has 26 heavy (non-hydrogen) atoms. The summed E-state index contributed by atoms with van der Waals surface area (Å²) in [5.74, 6) is 0.710. The van der Waals surface area contributed by atoms with Crippen LogP contribution in [0.2, 0.25) is 0 Å². The molecule has 1 aliphatic rings. The monoisotopic (exact) mass is 374 g/mol. The van der Waals surface area contributed by atoms with Crippen LogP contribution < -0.4 is 10.5 Å². The van der Waals surface area contributed by atoms with Crippen molar-refractivity contribution in [3.8, 4) is 0 Å². The molecule has 3 aromatic heterocycles. The first-order valence-corrected chi connectivity index (χ1v) is 9.25. The molecule has 0 aromatic carbocycles. The van der Waals surface area contributed by atoms with Gasteiger partial charge in [0.25, 0.3) is 5.56 Å². The summed E-state index contributed by atoms with van der Waals surface area (Å²) in [7, 11) is 1.82. The average Bonchev–Trinajstić information content (AvgIpc) is 3.30. The number of anilines is 1. The van der Waals surface area contributed by atoms with E-state index in [4.69, 9.17) is 0 Å². The van der Waals surface area contributed by atoms with Gasteiger partial charge < -0.3 is 10.0 Å². The summed E-state index contributed by atoms with van der Waals surface area (Å²) >= 11 is 1.50. The molecule has 0 aliphatic heterocycles. The Morgan fingerprint density at radius 2 is 2.27 bits per heavy atom. The second-order valence-corrected chi connectivity index (χ2v) is 7.90. The van der Waals surface area contributed by atoms with Crippen LogP contribution in [0.4, 0.5) is 10.2 Å². The fraction of sp³-hybridized carbons (Fsp3) is 0.389. The first kappa shape index (κ1) is 17.1. The van der Waals surface area contributed by atoms with Gasteiger partial charge in [-0.05, 0) is 31.4 Å². The molecule has 8 heteroatoms. The maximum Gasteiger partial charge on any atom is 0.259 e. The predicted octanol–water partition coefficient (Wildman–Crippen LogP) is 2.33. The molecule has 2 atom stereocenters. The fourth-order valence-electron chi connectivity index (χ4n) is 3.35. The van der Waals surface area contributed by atoms with E-state index in [-0.39, 0.29) is 29.8 Å². The number of hydrogen-bond acceptors (Lipinski definition) is 6. The number of aromatic nitrogens is 3. The molecule has 4 rings (SSSR count). The van der Waals surface area contributed by atoms with Crippen molar-refractivity contribution < 1.29 is 9.50 Å². The van der Waals surface area contributed by atoms with E-state index in [1.165, 1.54) is 23.6 Å². The van der Waals surface area contributed by atoms with Gasteiger partial charge in [0.05, 0.1) is 18.4 Å². The maximum absolute atomic E-state index is 13.0. The first-order valence-electron chi connectivity index (χ1n) is 8.43. The normalized spacial score (nSPS) is 19.1. The number of pyridine rings is 1. The van der Waals surface area contributed by atoms with Gasteiger partial charge in [-0.25, -0.2) is 14.4 Å². The number of aryl methyl sites for hydroxylation is 1. The Morgan fingerprint density at radius 3 is 2.92 bits per heavy atom. The second kappa shape index (κ2) is 6.44. The van der Waals surface area contributed by atoms with Crippen molar-refractivity contribution in [2.24, 2.45) is 5.92 Å². The Bertz CT molecular complexity index is 1010. The van der Waals surface area contributed by atoms with Crippen molar-refractivity contribution in [1.29, 1.82) is 0 Å². The SMILES string of the molecule is Cc1sc2nc(CN(C)c3ccc(F)cn3)cc(=O)n2c1[C@@H]1C[C@@H]1CO. The lowest BCUT2D eigenvalue weighted by atomic mass is 10.2. The van der Waals surface area contributed by atoms with Gasteiger partial charge in [-0.15, -0.1) is 11.3 Å². The third-order valence-corrected chi connectivity index (χ3v) is 5.77. The minimum Gasteiger partial charge on any atom is -0.396 e. The summed E-state index contributed by atoms with van der Waals surface area (Å²) in [6.45, 7) is 2.55. The number of aliphatic hydroxyl groups is 1. The van der Waals surface area contributed by atoms with Crippen LogP contribution in [0, 0.1) is 18.7 Å². The molecule has 0 radical (unpaired) electrons. The van der Waals surface area contributed by atoms with Crippen molar-refractivity contribution in [2.75, 3.05) is 18.6 Å². The van der Waals surface area contributed by atoms with E-state index in [9.17, 15) is 14.3 Å². The zero-order chi connectivity index (χ0) is 18.4. The van der Waals surface area contributed by atoms with E-state index in [1.54, 1.807) is 16.5 Å². The van der Waals surface area contributed by atoms with E-state index >= 15 is 0 Å². The van der Waals surface area contributed by atoms with Crippen molar-refractivity contribution in [1.82, 2.24) is 14.4 Å². The van der Waals surface area contributed by atoms with Crippen LogP contribution in [-0.4, -0.2) is 33.1 Å². The van der Waals surface area contributed by atoms with Crippen LogP contribution in [0.15, 0.2) is 29.2 Å². The van der Waals surface area contributed by atoms with E-state index in [1.807, 2.05) is 18.9 Å². The minimum absolute atomic E-state index is 0.103. The Morgan fingerprint density at radius 1 is 1.46 bits per heavy atom. The molecule has 0 bridgehead atoms. The van der Waals surface area contributed by atoms with Gasteiger partial charge in [0, 0.05) is 36.2 Å². The lowest BCUT2D eigenvalue weighted by Crippen LogP contribution is -2.22. The van der Waals surface area contributed by atoms with Gasteiger partial charge in [-0.2, -0.15) is 0 Å². The molecule has 0 saturated heterocycles. The summed E-state index contributed by atoms with van der Waals surface area (Å²) in [6, 6.07) is 4.49. The van der Waals surface area contributed by atoms with Gasteiger partial charge in [0.1, 0.15) is 11.6 Å². The third kappa shape index (κ3) is 2.99. The molecule has 0 unspecified atom stereocenters. The zero-order valence-corrected chi connectivity index (χ0v) is 15.3. The molecule has 0 amide bonds. The molecule has 3 aromatic rings. The Hall–Kier alpha value is -2.32. The maximum atomic E-state index is 13.0. The van der Waals surface area contributed by atoms with E-state index in [0.29, 0.717) is 23.0 Å². The Labute approximate surface area is 153 Å². The summed E-state index contributed by atoms with van der Waals surface area (Å²) in [6.07, 6.45) is 2.08. The smallest absolute Gasteiger partial charge is 0.259 e. The standard InChI is InChI=1S/C18H19FN4O2S/c1-10-17(14-5-11(14)9-24)23-16(25)6-13(21-18(23)26-10)8-22(2)15-4-3-12(19)7-20-15/h3-4,6-7,11,14,24H,5,8-9H2,1-2H3/t11-,14-/m1/s1. The zero-order valence-electron chi connectivity index (χ0n) is 14.5. The van der Waals surface area contributed by atoms with Crippen molar-refractivity contribution in [2.45, 2.75) is 25.8 Å². The molecular weight excluding hydrogens is 355 g/mol. The molecule has 0 spiro atoms. The van der Waals surface area contributed by atoms with Crippen LogP contribution in [-0.2, 0) is 6.54 Å². The lowest BCUT2D eigenvalue weighted by molar-refractivity contribution is 0.273. The summed E-state index contributed by atoms with van der Waals surface area (Å²) in [4.78, 5) is 25.0. The summed E-state index contributed by atoms with van der Waals surface area (Å²) in [5.41, 5.74) is 1.53. The van der Waals surface area contributed by atoms with Crippen molar-refractivity contribution >= 4 is 22.1 Å². The summed E-state index contributed by atoms with van der Waals surface area (Å²) < 4.78 is 14.7. The van der Waals surface area contributed by atoms with Crippen LogP contribution in [0.25, 0.3) is 4.96 Å². The molecule has 1 saturated carbocycles. The largest absolute Gasteiger partial charge is 0.396 e. The number of halogens is 1. The lowest BCUT2D eigenvalue weighted by Gasteiger charge is -2.17. The highest BCUT2D eigenvalue weighted by atomic mass is 32.1. The molecule has 1 aliphatic carbocycles. The van der Waals surface area contributed by atoms with Gasteiger partial charge in [0.2, 0.25) is 0 Å². The minimum atomic E-state index is -0.386. The predicted molar refractivity (Wildman–Crippen MR) is 98.3 cm³/mol. The average molecular weight is 374 g/mol. The van der Waals surface area contributed by atoms with Gasteiger partial charge in [-0.1, -0.05) is 0 Å². The van der Waals surface area contributed by atoms with Crippen molar-refractivity contribution in [3.05, 3.63) is 56.8 Å². The van der Waals surface area contributed by atoms with Gasteiger partial charge >= 0.3 is 0 Å². The topological polar surface area (TPSA) is 70.7 Å². The van der Waals surface area contributed by atoms with E-state index < -0.39 is 0 Å². The summed E-state index contributed by atoms with van der Waals surface area (Å²) in [5, 5.41) is 9.34. The molecule has 1 N–H and O–H groups in total. The molecule has 3 heterocycles. The van der Waals surface area contributed by atoms with Crippen LogP contribution in [0.1, 0.15) is 28.6 Å². The van der Waals surface area contributed by atoms with E-state index in [0.717, 1.165) is 17.0 Å². The number of rotatable bonds is 5. The number of aliphatic hydroxyl groups excluding tert-OH is 1. The molecule has 136 valence electrons. The second-order valence-electron chi connectivity index (χ2n) is 6.72. The van der Waals surface area contributed by atoms with Crippen molar-refractivity contribution in [3.63, 3.8) is 0 Å². The quantitative estimate of drug-likeness (QED) is 0.742. The highest BCUT2D eigenvalue weighted by molar-refractivity contribution is 7.17. The molecular formula is C18H19FN4O2S. The number of hydrogen-bond donors (Lipinski definition) is 1. The van der Waals surface area contributed by atoms with E-state index in [2.05, 4.69) is 9.97 Å². The third-order valence-electron chi connectivity index (χ3n) is 4.80. The van der Waals surface area contributed by atoms with Crippen LogP contribution >= 0.6 is 11.3 Å². The number of fused-ring (bicyclic) bond motifs is 1. The van der Waals surface area contributed by atoms with Crippen LogP contribution in [0.3, 0.4) is 0 Å². The number of nitrogens with zero attached hydrogens (tertiary/aromatic N) is 4.